The largest absolute Gasteiger partial charge is 0.458 e. The first-order chi connectivity index (χ1) is 19.8. The van der Waals surface area contributed by atoms with Gasteiger partial charge in [0.15, 0.2) is 0 Å². The van der Waals surface area contributed by atoms with E-state index >= 15 is 0 Å². The Labute approximate surface area is 247 Å². The van der Waals surface area contributed by atoms with Gasteiger partial charge in [-0.05, 0) is 83.0 Å². The van der Waals surface area contributed by atoms with Gasteiger partial charge < -0.3 is 15.4 Å². The number of carbonyl (C=O) groups is 1. The quantitative estimate of drug-likeness (QED) is 0.174. The van der Waals surface area contributed by atoms with Crippen LogP contribution < -0.4 is 10.5 Å². The van der Waals surface area contributed by atoms with Gasteiger partial charge in [0.25, 0.3) is 0 Å². The highest BCUT2D eigenvalue weighted by Crippen LogP contribution is 2.47. The second-order valence-corrected chi connectivity index (χ2v) is 12.8. The number of hydrogen-bond acceptors (Lipinski definition) is 9. The zero-order valence-electron chi connectivity index (χ0n) is 24.7. The number of hydrogen-bond donors (Lipinski definition) is 1. The van der Waals surface area contributed by atoms with E-state index in [0.717, 1.165) is 62.1 Å². The van der Waals surface area contributed by atoms with Crippen molar-refractivity contribution in [3.05, 3.63) is 45.2 Å². The normalized spacial score (nSPS) is 21.2. The highest BCUT2D eigenvalue weighted by Gasteiger charge is 2.49. The Bertz CT molecular complexity index is 1380. The van der Waals surface area contributed by atoms with Gasteiger partial charge in [0, 0.05) is 42.4 Å². The van der Waals surface area contributed by atoms with Crippen LogP contribution in [0.5, 0.6) is 6.01 Å². The molecule has 2 fully saturated rings. The van der Waals surface area contributed by atoms with E-state index in [1.807, 2.05) is 25.9 Å². The lowest BCUT2D eigenvalue weighted by Gasteiger charge is -2.37. The van der Waals surface area contributed by atoms with Crippen LogP contribution in [0.15, 0.2) is 28.5 Å². The summed E-state index contributed by atoms with van der Waals surface area (Å²) in [7, 11) is 3.80. The smallest absolute Gasteiger partial charge is 0.317 e. The first kappa shape index (κ1) is 29.2. The zero-order chi connectivity index (χ0) is 29.1. The molecular weight excluding hydrogens is 534 g/mol. The van der Waals surface area contributed by atoms with E-state index in [-0.39, 0.29) is 29.4 Å². The maximum atomic E-state index is 14.0. The first-order valence-corrected chi connectivity index (χ1v) is 15.6. The molecule has 3 aliphatic rings. The molecule has 0 saturated carbocycles. The summed E-state index contributed by atoms with van der Waals surface area (Å²) in [5, 5.41) is 10.8. The number of aromatic nitrogens is 2. The number of nitrogens with zero attached hydrogens (tertiary/aromatic N) is 6. The zero-order valence-corrected chi connectivity index (χ0v) is 25.5. The Balaban J connectivity index is 1.44. The summed E-state index contributed by atoms with van der Waals surface area (Å²) in [6.45, 7) is 6.37. The molecule has 0 spiro atoms. The van der Waals surface area contributed by atoms with Crippen molar-refractivity contribution in [3.8, 4) is 12.1 Å². The number of nitrogens with two attached hydrogens (primary N) is 1. The van der Waals surface area contributed by atoms with E-state index in [4.69, 9.17) is 10.5 Å². The van der Waals surface area contributed by atoms with Gasteiger partial charge in [0.05, 0.1) is 17.4 Å². The van der Waals surface area contributed by atoms with Crippen LogP contribution in [-0.2, 0) is 6.42 Å². The minimum Gasteiger partial charge on any atom is -0.458 e. The average molecular weight is 576 g/mol. The molecule has 1 aliphatic carbocycles. The number of rotatable bonds is 10. The number of aliphatic imine (C=N–C) groups is 1. The molecule has 0 bridgehead atoms. The van der Waals surface area contributed by atoms with Crippen molar-refractivity contribution in [1.82, 2.24) is 19.8 Å². The average Bonchev–Trinajstić information content (AvgIpc) is 3.67. The molecule has 2 N–H and O–H groups in total. The molecule has 41 heavy (non-hydrogen) atoms. The Hall–Kier alpha value is -3.29. The number of Topliss-reactive ketones (excluding diaryl/α,β-unsaturated/α-hetero) is 1. The second kappa shape index (κ2) is 12.3. The molecular formula is C31H41N7O2S. The molecule has 0 radical (unpaired) electrons. The van der Waals surface area contributed by atoms with Crippen LogP contribution in [0.4, 0.5) is 5.00 Å². The summed E-state index contributed by atoms with van der Waals surface area (Å²) in [6.07, 6.45) is 11.7. The number of aryl methyl sites for hydroxylation is 1. The van der Waals surface area contributed by atoms with Gasteiger partial charge in [-0.3, -0.25) is 9.69 Å². The summed E-state index contributed by atoms with van der Waals surface area (Å²) in [6, 6.07) is 4.26. The maximum absolute atomic E-state index is 14.0. The lowest BCUT2D eigenvalue weighted by molar-refractivity contribution is 0.0402. The molecule has 10 heteroatoms. The molecule has 9 nitrogen and oxygen atoms in total. The van der Waals surface area contributed by atoms with E-state index in [2.05, 4.69) is 32.9 Å². The second-order valence-electron chi connectivity index (χ2n) is 11.7. The molecule has 2 aromatic heterocycles. The Kier molecular flexibility index (Phi) is 8.76. The number of thiophene rings is 1. The highest BCUT2D eigenvalue weighted by molar-refractivity contribution is 7.16. The Morgan fingerprint density at radius 2 is 2.12 bits per heavy atom. The lowest BCUT2D eigenvalue weighted by atomic mass is 9.80. The van der Waals surface area contributed by atoms with E-state index in [1.165, 1.54) is 12.8 Å². The van der Waals surface area contributed by atoms with Crippen LogP contribution in [0, 0.1) is 11.3 Å². The van der Waals surface area contributed by atoms with Crippen molar-refractivity contribution >= 4 is 28.5 Å². The van der Waals surface area contributed by atoms with E-state index in [1.54, 1.807) is 29.9 Å². The fourth-order valence-corrected chi connectivity index (χ4v) is 8.12. The number of nitriles is 1. The van der Waals surface area contributed by atoms with Crippen molar-refractivity contribution in [1.29, 1.82) is 5.26 Å². The lowest BCUT2D eigenvalue weighted by Crippen LogP contribution is -2.50. The number of ketones is 1. The summed E-state index contributed by atoms with van der Waals surface area (Å²) >= 11 is 1.55. The van der Waals surface area contributed by atoms with Crippen molar-refractivity contribution in [2.24, 2.45) is 10.7 Å². The van der Waals surface area contributed by atoms with Crippen molar-refractivity contribution in [3.63, 3.8) is 0 Å². The molecule has 4 heterocycles. The maximum Gasteiger partial charge on any atom is 0.317 e. The van der Waals surface area contributed by atoms with Gasteiger partial charge in [0.1, 0.15) is 22.9 Å². The van der Waals surface area contributed by atoms with Crippen LogP contribution in [0.2, 0.25) is 0 Å². The summed E-state index contributed by atoms with van der Waals surface area (Å²) in [5.74, 6) is -0.400. The van der Waals surface area contributed by atoms with Gasteiger partial charge in [0.2, 0.25) is 5.78 Å². The van der Waals surface area contributed by atoms with Crippen LogP contribution in [0.25, 0.3) is 0 Å². The first-order valence-electron chi connectivity index (χ1n) is 14.8. The standard InChI is InChI=1S/C31H41N7O2S/c1-5-9-22(27(33)21-10-6-11-25-26(21)23(18-32)29(41-25)35-19-37(3)4)28(39)24-12-15-34-30(36-24)40-20(2)31-13-7-16-38(31)17-8-14-31/h12,15,19-21H,5-11,13-14,16-17,33H2,1-4H3/t20?,21-/m0/s1. The number of carbonyl (C=O) groups excluding carboxylic acids is 1. The fourth-order valence-electron chi connectivity index (χ4n) is 6.93. The van der Waals surface area contributed by atoms with Crippen LogP contribution in [0.1, 0.15) is 97.6 Å². The monoisotopic (exact) mass is 575 g/mol. The fraction of sp³-hybridized carbons (Fsp3) is 0.581. The summed E-state index contributed by atoms with van der Waals surface area (Å²) in [5.41, 5.74) is 9.80. The Morgan fingerprint density at radius 3 is 2.80 bits per heavy atom. The minimum atomic E-state index is -0.203. The molecule has 1 unspecified atom stereocenters. The van der Waals surface area contributed by atoms with Gasteiger partial charge in [-0.1, -0.05) is 13.3 Å². The summed E-state index contributed by atoms with van der Waals surface area (Å²) < 4.78 is 6.31. The van der Waals surface area contributed by atoms with Crippen molar-refractivity contribution < 1.29 is 9.53 Å². The van der Waals surface area contributed by atoms with E-state index < -0.39 is 0 Å². The van der Waals surface area contributed by atoms with Gasteiger partial charge in [-0.2, -0.15) is 10.2 Å². The van der Waals surface area contributed by atoms with E-state index in [9.17, 15) is 10.1 Å². The minimum absolute atomic E-state index is 0.0359. The summed E-state index contributed by atoms with van der Waals surface area (Å²) in [4.78, 5) is 33.0. The SMILES string of the molecule is CCCC(C(=O)c1ccnc(OC(C)C23CCCN2CCC3)n1)=C(N)[C@H]1CCCc2sc(N=CN(C)C)c(C#N)c21. The molecule has 2 aliphatic heterocycles. The van der Waals surface area contributed by atoms with Gasteiger partial charge >= 0.3 is 6.01 Å². The topological polar surface area (TPSA) is 121 Å². The van der Waals surface area contributed by atoms with Gasteiger partial charge in [-0.15, -0.1) is 11.3 Å². The molecule has 2 atom stereocenters. The molecule has 218 valence electrons. The number of fused-ring (bicyclic) bond motifs is 2. The van der Waals surface area contributed by atoms with Gasteiger partial charge in [-0.25, -0.2) is 9.98 Å². The predicted molar refractivity (Wildman–Crippen MR) is 162 cm³/mol. The molecule has 0 amide bonds. The molecule has 5 rings (SSSR count). The predicted octanol–water partition coefficient (Wildman–Crippen LogP) is 5.34. The van der Waals surface area contributed by atoms with E-state index in [0.29, 0.717) is 33.9 Å². The number of allylic oxidation sites excluding steroid dienone is 2. The Morgan fingerprint density at radius 1 is 1.37 bits per heavy atom. The molecule has 2 saturated heterocycles. The van der Waals surface area contributed by atoms with Crippen LogP contribution in [0.3, 0.4) is 0 Å². The molecule has 2 aromatic rings. The third kappa shape index (κ3) is 5.62. The number of ether oxygens (including phenoxy) is 1. The van der Waals surface area contributed by atoms with Crippen LogP contribution >= 0.6 is 11.3 Å². The van der Waals surface area contributed by atoms with Crippen LogP contribution in [-0.4, -0.2) is 70.7 Å². The highest BCUT2D eigenvalue weighted by atomic mass is 32.1. The molecule has 0 aromatic carbocycles. The van der Waals surface area contributed by atoms with Crippen molar-refractivity contribution in [2.75, 3.05) is 27.2 Å². The van der Waals surface area contributed by atoms with Crippen molar-refractivity contribution in [2.45, 2.75) is 89.2 Å². The third-order valence-electron chi connectivity index (χ3n) is 8.87. The third-order valence-corrected chi connectivity index (χ3v) is 10.0.